The van der Waals surface area contributed by atoms with Crippen LogP contribution in [0.3, 0.4) is 0 Å². The Hall–Kier alpha value is -1.52. The molecule has 0 aliphatic rings. The second-order valence-electron chi connectivity index (χ2n) is 4.84. The summed E-state index contributed by atoms with van der Waals surface area (Å²) in [6.07, 6.45) is 0. The quantitative estimate of drug-likeness (QED) is 0.741. The lowest BCUT2D eigenvalue weighted by Gasteiger charge is -2.24. The number of hydrogen-bond donors (Lipinski definition) is 3. The van der Waals surface area contributed by atoms with Gasteiger partial charge in [0.25, 0.3) is 0 Å². The average Bonchev–Trinajstić information content (AvgIpc) is 2.45. The van der Waals surface area contributed by atoms with E-state index in [1.54, 1.807) is 0 Å². The lowest BCUT2D eigenvalue weighted by atomic mass is 10.1. The van der Waals surface area contributed by atoms with E-state index in [0.717, 1.165) is 5.56 Å². The van der Waals surface area contributed by atoms with Crippen molar-refractivity contribution in [3.63, 3.8) is 0 Å². The highest BCUT2D eigenvalue weighted by Gasteiger charge is 2.31. The van der Waals surface area contributed by atoms with Crippen LogP contribution in [0, 0.1) is 5.82 Å². The smallest absolute Gasteiger partial charge is 0.323 e. The molecule has 0 spiro atoms. The lowest BCUT2D eigenvalue weighted by Crippen LogP contribution is -2.24. The van der Waals surface area contributed by atoms with Crippen LogP contribution in [0.1, 0.15) is 29.9 Å². The minimum atomic E-state index is -4.42. The third-order valence-electron chi connectivity index (χ3n) is 3.23. The minimum Gasteiger partial charge on any atom is -0.323 e. The normalized spacial score (nSPS) is 14.7. The number of nitrogens with one attached hydrogen (secondary N) is 1. The van der Waals surface area contributed by atoms with Crippen molar-refractivity contribution >= 4 is 7.60 Å². The first kappa shape index (κ1) is 15.9. The Bertz CT molecular complexity index is 627. The molecule has 0 aliphatic heterocycles. The molecule has 21 heavy (non-hydrogen) atoms. The summed E-state index contributed by atoms with van der Waals surface area (Å²) in [4.78, 5) is 19.1. The van der Waals surface area contributed by atoms with Gasteiger partial charge in [-0.25, -0.2) is 4.39 Å². The Kier molecular flexibility index (Phi) is 4.91. The van der Waals surface area contributed by atoms with Crippen LogP contribution in [0.4, 0.5) is 4.39 Å². The van der Waals surface area contributed by atoms with Crippen LogP contribution in [0.5, 0.6) is 0 Å². The first-order valence-electron chi connectivity index (χ1n) is 6.49. The van der Waals surface area contributed by atoms with E-state index in [-0.39, 0.29) is 6.04 Å². The number of benzene rings is 2. The van der Waals surface area contributed by atoms with E-state index in [9.17, 15) is 18.7 Å². The highest BCUT2D eigenvalue weighted by molar-refractivity contribution is 7.52. The highest BCUT2D eigenvalue weighted by atomic mass is 31.2. The molecule has 2 aromatic carbocycles. The third-order valence-corrected chi connectivity index (χ3v) is 4.35. The van der Waals surface area contributed by atoms with E-state index in [1.165, 1.54) is 24.3 Å². The van der Waals surface area contributed by atoms with E-state index in [1.807, 2.05) is 37.3 Å². The largest absolute Gasteiger partial charge is 0.346 e. The van der Waals surface area contributed by atoms with Crippen molar-refractivity contribution in [1.29, 1.82) is 0 Å². The zero-order valence-electron chi connectivity index (χ0n) is 11.5. The Morgan fingerprint density at radius 1 is 1.00 bits per heavy atom. The zero-order valence-corrected chi connectivity index (χ0v) is 12.4. The first-order chi connectivity index (χ1) is 9.88. The predicted molar refractivity (Wildman–Crippen MR) is 79.2 cm³/mol. The molecule has 0 aromatic heterocycles. The number of halogens is 1. The summed E-state index contributed by atoms with van der Waals surface area (Å²) in [6.45, 7) is 1.82. The molecule has 2 rings (SSSR count). The van der Waals surface area contributed by atoms with Crippen molar-refractivity contribution in [2.45, 2.75) is 18.7 Å². The molecule has 2 aromatic rings. The summed E-state index contributed by atoms with van der Waals surface area (Å²) in [5.74, 6) is -1.62. The second kappa shape index (κ2) is 6.50. The second-order valence-corrected chi connectivity index (χ2v) is 6.54. The third kappa shape index (κ3) is 4.22. The predicted octanol–water partition coefficient (Wildman–Crippen LogP) is 3.35. The molecule has 0 amide bonds. The van der Waals surface area contributed by atoms with Crippen molar-refractivity contribution in [2.75, 3.05) is 0 Å². The van der Waals surface area contributed by atoms with Crippen LogP contribution in [0.15, 0.2) is 54.6 Å². The van der Waals surface area contributed by atoms with Gasteiger partial charge in [0.2, 0.25) is 0 Å². The van der Waals surface area contributed by atoms with E-state index in [0.29, 0.717) is 5.56 Å². The SMILES string of the molecule is CC(NC(c1ccc(F)cc1)P(=O)(O)O)c1ccccc1. The molecule has 0 heterocycles. The van der Waals surface area contributed by atoms with Gasteiger partial charge in [-0.15, -0.1) is 0 Å². The monoisotopic (exact) mass is 309 g/mol. The Morgan fingerprint density at radius 3 is 2.10 bits per heavy atom. The average molecular weight is 309 g/mol. The Balaban J connectivity index is 2.26. The van der Waals surface area contributed by atoms with Gasteiger partial charge in [-0.1, -0.05) is 42.5 Å². The number of rotatable bonds is 5. The van der Waals surface area contributed by atoms with Crippen LogP contribution < -0.4 is 5.32 Å². The molecule has 0 bridgehead atoms. The van der Waals surface area contributed by atoms with Gasteiger partial charge < -0.3 is 9.79 Å². The van der Waals surface area contributed by atoms with Crippen molar-refractivity contribution in [3.05, 3.63) is 71.5 Å². The van der Waals surface area contributed by atoms with Gasteiger partial charge in [0.15, 0.2) is 0 Å². The molecule has 0 saturated carbocycles. The Morgan fingerprint density at radius 2 is 1.57 bits per heavy atom. The maximum absolute atomic E-state index is 13.0. The molecule has 2 unspecified atom stereocenters. The van der Waals surface area contributed by atoms with E-state index < -0.39 is 19.2 Å². The summed E-state index contributed by atoms with van der Waals surface area (Å²) in [6, 6.07) is 14.2. The summed E-state index contributed by atoms with van der Waals surface area (Å²) in [5.41, 5.74) is 1.27. The molecule has 0 aliphatic carbocycles. The van der Waals surface area contributed by atoms with Gasteiger partial charge in [-0.2, -0.15) is 0 Å². The molecule has 112 valence electrons. The fourth-order valence-corrected chi connectivity index (χ4v) is 3.09. The molecule has 0 fully saturated rings. The highest BCUT2D eigenvalue weighted by Crippen LogP contribution is 2.50. The number of hydrogen-bond acceptors (Lipinski definition) is 2. The van der Waals surface area contributed by atoms with Crippen molar-refractivity contribution < 1.29 is 18.7 Å². The van der Waals surface area contributed by atoms with Crippen LogP contribution in [-0.4, -0.2) is 9.79 Å². The van der Waals surface area contributed by atoms with Crippen molar-refractivity contribution in [2.24, 2.45) is 0 Å². The topological polar surface area (TPSA) is 69.6 Å². The lowest BCUT2D eigenvalue weighted by molar-refractivity contribution is 0.341. The van der Waals surface area contributed by atoms with E-state index in [2.05, 4.69) is 5.32 Å². The van der Waals surface area contributed by atoms with Crippen molar-refractivity contribution in [3.8, 4) is 0 Å². The van der Waals surface area contributed by atoms with Crippen molar-refractivity contribution in [1.82, 2.24) is 5.32 Å². The summed E-state index contributed by atoms with van der Waals surface area (Å²) < 4.78 is 24.7. The molecule has 3 N–H and O–H groups in total. The first-order valence-corrected chi connectivity index (χ1v) is 8.18. The minimum absolute atomic E-state index is 0.256. The van der Waals surface area contributed by atoms with Gasteiger partial charge in [-0.05, 0) is 30.2 Å². The summed E-state index contributed by atoms with van der Waals surface area (Å²) in [5, 5.41) is 2.92. The maximum atomic E-state index is 13.0. The molecular formula is C15H17FNO3P. The van der Waals surface area contributed by atoms with Gasteiger partial charge in [0, 0.05) is 6.04 Å². The maximum Gasteiger partial charge on any atom is 0.346 e. The van der Waals surface area contributed by atoms with Crippen LogP contribution in [-0.2, 0) is 4.57 Å². The fourth-order valence-electron chi connectivity index (χ4n) is 2.11. The van der Waals surface area contributed by atoms with Crippen LogP contribution in [0.25, 0.3) is 0 Å². The molecule has 0 saturated heterocycles. The molecule has 0 radical (unpaired) electrons. The van der Waals surface area contributed by atoms with Crippen LogP contribution in [0.2, 0.25) is 0 Å². The molecule has 2 atom stereocenters. The van der Waals surface area contributed by atoms with Crippen LogP contribution >= 0.6 is 7.60 Å². The fraction of sp³-hybridized carbons (Fsp3) is 0.200. The molecular weight excluding hydrogens is 292 g/mol. The zero-order chi connectivity index (χ0) is 15.5. The summed E-state index contributed by atoms with van der Waals surface area (Å²) >= 11 is 0. The van der Waals surface area contributed by atoms with Gasteiger partial charge in [0.1, 0.15) is 11.6 Å². The standard InChI is InChI=1S/C15H17FNO3P/c1-11(12-5-3-2-4-6-12)17-15(21(18,19)20)13-7-9-14(16)10-8-13/h2-11,15,17H,1H3,(H2,18,19,20). The van der Waals surface area contributed by atoms with Gasteiger partial charge in [0.05, 0.1) is 0 Å². The van der Waals surface area contributed by atoms with E-state index >= 15 is 0 Å². The van der Waals surface area contributed by atoms with E-state index in [4.69, 9.17) is 0 Å². The molecule has 4 nitrogen and oxygen atoms in total. The van der Waals surface area contributed by atoms with Gasteiger partial charge in [-0.3, -0.25) is 9.88 Å². The molecule has 6 heteroatoms. The van der Waals surface area contributed by atoms with Gasteiger partial charge >= 0.3 is 7.60 Å². The summed E-state index contributed by atoms with van der Waals surface area (Å²) in [7, 11) is -4.42. The Labute approximate surface area is 122 Å².